The van der Waals surface area contributed by atoms with Crippen molar-refractivity contribution in [3.63, 3.8) is 0 Å². The van der Waals surface area contributed by atoms with Crippen LogP contribution in [0.4, 0.5) is 0 Å². The number of ether oxygens (including phenoxy) is 1. The van der Waals surface area contributed by atoms with Crippen LogP contribution >= 0.6 is 23.5 Å². The maximum atomic E-state index is 12.0. The third kappa shape index (κ3) is 5.61. The van der Waals surface area contributed by atoms with Gasteiger partial charge in [0.25, 0.3) is 0 Å². The first-order chi connectivity index (χ1) is 10.9. The molecule has 1 unspecified atom stereocenters. The van der Waals surface area contributed by atoms with Crippen molar-refractivity contribution in [2.75, 3.05) is 31.3 Å². The van der Waals surface area contributed by atoms with Gasteiger partial charge in [-0.15, -0.1) is 10.2 Å². The minimum Gasteiger partial charge on any atom is -0.465 e. The van der Waals surface area contributed by atoms with Gasteiger partial charge in [0.1, 0.15) is 5.25 Å². The summed E-state index contributed by atoms with van der Waals surface area (Å²) in [6, 6.07) is 0. The molecule has 0 fully saturated rings. The first-order valence-electron chi connectivity index (χ1n) is 7.38. The molecule has 0 bridgehead atoms. The van der Waals surface area contributed by atoms with Gasteiger partial charge in [-0.1, -0.05) is 23.5 Å². The third-order valence-corrected chi connectivity index (χ3v) is 4.94. The van der Waals surface area contributed by atoms with E-state index in [-0.39, 0.29) is 17.6 Å². The first-order valence-corrected chi connectivity index (χ1v) is 9.25. The molecule has 0 saturated carbocycles. The molecule has 23 heavy (non-hydrogen) atoms. The van der Waals surface area contributed by atoms with Crippen LogP contribution in [-0.4, -0.2) is 62.3 Å². The highest BCUT2D eigenvalue weighted by Crippen LogP contribution is 2.24. The average Bonchev–Trinajstić information content (AvgIpc) is 2.87. The number of rotatable bonds is 9. The Hall–Kier alpha value is -1.42. The Kier molecular flexibility index (Phi) is 8.24. The van der Waals surface area contributed by atoms with E-state index >= 15 is 0 Å². The smallest absolute Gasteiger partial charge is 0.319 e. The minimum absolute atomic E-state index is 0.0251. The van der Waals surface area contributed by atoms with Gasteiger partial charge in [0.2, 0.25) is 16.2 Å². The fourth-order valence-electron chi connectivity index (χ4n) is 1.70. The minimum atomic E-state index is -0.434. The number of nitrogen functional groups attached to an aromatic ring is 1. The van der Waals surface area contributed by atoms with Crippen LogP contribution in [-0.2, 0) is 14.3 Å². The number of esters is 1. The zero-order valence-corrected chi connectivity index (χ0v) is 15.4. The lowest BCUT2D eigenvalue weighted by Gasteiger charge is -2.17. The standard InChI is InChI=1S/C13H23N5O3S2/c1-5-17(6-2)10(19)8-22-12-15-16-13(18(12)14)23-9(4)11(20)21-7-3/h9H,5-8,14H2,1-4H3. The molecule has 130 valence electrons. The highest BCUT2D eigenvalue weighted by Gasteiger charge is 2.21. The van der Waals surface area contributed by atoms with Crippen LogP contribution in [0.3, 0.4) is 0 Å². The fourth-order valence-corrected chi connectivity index (χ4v) is 3.29. The summed E-state index contributed by atoms with van der Waals surface area (Å²) in [4.78, 5) is 25.3. The van der Waals surface area contributed by atoms with Gasteiger partial charge >= 0.3 is 5.97 Å². The van der Waals surface area contributed by atoms with Crippen molar-refractivity contribution in [3.05, 3.63) is 0 Å². The lowest BCUT2D eigenvalue weighted by Crippen LogP contribution is -2.32. The number of aromatic nitrogens is 3. The topological polar surface area (TPSA) is 103 Å². The Morgan fingerprint density at radius 2 is 1.87 bits per heavy atom. The summed E-state index contributed by atoms with van der Waals surface area (Å²) in [7, 11) is 0. The normalized spacial score (nSPS) is 12.0. The van der Waals surface area contributed by atoms with Crippen LogP contribution in [0.15, 0.2) is 10.3 Å². The lowest BCUT2D eigenvalue weighted by molar-refractivity contribution is -0.142. The highest BCUT2D eigenvalue weighted by atomic mass is 32.2. The van der Waals surface area contributed by atoms with Crippen LogP contribution in [0.1, 0.15) is 27.7 Å². The number of carbonyl (C=O) groups is 2. The number of hydrogen-bond acceptors (Lipinski definition) is 8. The van der Waals surface area contributed by atoms with E-state index in [0.29, 0.717) is 30.0 Å². The summed E-state index contributed by atoms with van der Waals surface area (Å²) in [5.41, 5.74) is 0. The number of nitrogens with zero attached hydrogens (tertiary/aromatic N) is 4. The van der Waals surface area contributed by atoms with Crippen LogP contribution in [0.2, 0.25) is 0 Å². The van der Waals surface area contributed by atoms with E-state index in [2.05, 4.69) is 10.2 Å². The summed E-state index contributed by atoms with van der Waals surface area (Å²) in [5.74, 6) is 5.87. The Bertz CT molecular complexity index is 534. The van der Waals surface area contributed by atoms with Crippen LogP contribution in [0.25, 0.3) is 0 Å². The second-order valence-corrected chi connectivity index (χ2v) is 6.75. The summed E-state index contributed by atoms with van der Waals surface area (Å²) in [6.45, 7) is 9.00. The highest BCUT2D eigenvalue weighted by molar-refractivity contribution is 8.00. The molecule has 1 rings (SSSR count). The molecule has 0 aliphatic carbocycles. The second-order valence-electron chi connectivity index (χ2n) is 4.50. The van der Waals surface area contributed by atoms with Gasteiger partial charge in [0, 0.05) is 13.1 Å². The van der Waals surface area contributed by atoms with Gasteiger partial charge in [0.05, 0.1) is 12.4 Å². The Morgan fingerprint density at radius 3 is 2.43 bits per heavy atom. The van der Waals surface area contributed by atoms with E-state index in [4.69, 9.17) is 10.6 Å². The van der Waals surface area contributed by atoms with E-state index in [9.17, 15) is 9.59 Å². The molecule has 1 aromatic heterocycles. The summed E-state index contributed by atoms with van der Waals surface area (Å²) >= 11 is 2.39. The molecule has 2 N–H and O–H groups in total. The van der Waals surface area contributed by atoms with Crippen LogP contribution < -0.4 is 5.84 Å². The lowest BCUT2D eigenvalue weighted by atomic mass is 10.5. The van der Waals surface area contributed by atoms with E-state index in [1.54, 1.807) is 18.7 Å². The molecule has 8 nitrogen and oxygen atoms in total. The predicted molar refractivity (Wildman–Crippen MR) is 90.8 cm³/mol. The molecule has 1 amide bonds. The van der Waals surface area contributed by atoms with Crippen LogP contribution in [0.5, 0.6) is 0 Å². The quantitative estimate of drug-likeness (QED) is 0.395. The molecule has 10 heteroatoms. The Labute approximate surface area is 144 Å². The van der Waals surface area contributed by atoms with Gasteiger partial charge in [-0.3, -0.25) is 9.59 Å². The maximum Gasteiger partial charge on any atom is 0.319 e. The Balaban J connectivity index is 2.62. The molecular formula is C13H23N5O3S2. The molecule has 0 aliphatic heterocycles. The maximum absolute atomic E-state index is 12.0. The molecule has 1 heterocycles. The van der Waals surface area contributed by atoms with Gasteiger partial charge in [-0.25, -0.2) is 4.68 Å². The zero-order chi connectivity index (χ0) is 17.4. The van der Waals surface area contributed by atoms with Gasteiger partial charge in [0.15, 0.2) is 0 Å². The van der Waals surface area contributed by atoms with Crippen molar-refractivity contribution in [2.24, 2.45) is 0 Å². The van der Waals surface area contributed by atoms with Crippen molar-refractivity contribution < 1.29 is 14.3 Å². The number of nitrogens with two attached hydrogens (primary N) is 1. The van der Waals surface area contributed by atoms with Gasteiger partial charge < -0.3 is 15.5 Å². The molecule has 0 radical (unpaired) electrons. The van der Waals surface area contributed by atoms with Gasteiger partial charge in [-0.2, -0.15) is 0 Å². The number of amides is 1. The summed E-state index contributed by atoms with van der Waals surface area (Å²) in [5, 5.41) is 8.33. The largest absolute Gasteiger partial charge is 0.465 e. The Morgan fingerprint density at radius 1 is 1.26 bits per heavy atom. The molecule has 0 aromatic carbocycles. The average molecular weight is 361 g/mol. The number of carbonyl (C=O) groups excluding carboxylic acids is 2. The van der Waals surface area contributed by atoms with Crippen molar-refractivity contribution in [2.45, 2.75) is 43.3 Å². The summed E-state index contributed by atoms with van der Waals surface area (Å²) < 4.78 is 6.23. The summed E-state index contributed by atoms with van der Waals surface area (Å²) in [6.07, 6.45) is 0. The second kappa shape index (κ2) is 9.66. The molecule has 0 saturated heterocycles. The molecule has 1 atom stereocenters. The van der Waals surface area contributed by atoms with Crippen molar-refractivity contribution >= 4 is 35.4 Å². The molecule has 1 aromatic rings. The van der Waals surface area contributed by atoms with E-state index in [1.807, 2.05) is 13.8 Å². The van der Waals surface area contributed by atoms with Crippen molar-refractivity contribution in [1.82, 2.24) is 19.8 Å². The van der Waals surface area contributed by atoms with Gasteiger partial charge in [-0.05, 0) is 27.7 Å². The van der Waals surface area contributed by atoms with Crippen LogP contribution in [0, 0.1) is 0 Å². The SMILES string of the molecule is CCOC(=O)C(C)Sc1nnc(SCC(=O)N(CC)CC)n1N. The van der Waals surface area contributed by atoms with E-state index in [1.165, 1.54) is 28.2 Å². The molecule has 0 aliphatic rings. The predicted octanol–water partition coefficient (Wildman–Crippen LogP) is 0.996. The van der Waals surface area contributed by atoms with E-state index < -0.39 is 5.25 Å². The fraction of sp³-hybridized carbons (Fsp3) is 0.692. The van der Waals surface area contributed by atoms with Crippen molar-refractivity contribution in [1.29, 1.82) is 0 Å². The van der Waals surface area contributed by atoms with E-state index in [0.717, 1.165) is 0 Å². The molecular weight excluding hydrogens is 338 g/mol. The first kappa shape index (κ1) is 19.6. The zero-order valence-electron chi connectivity index (χ0n) is 13.8. The molecule has 0 spiro atoms. The number of hydrogen-bond donors (Lipinski definition) is 1. The third-order valence-electron chi connectivity index (χ3n) is 2.97. The number of thioether (sulfide) groups is 2. The van der Waals surface area contributed by atoms with Crippen molar-refractivity contribution in [3.8, 4) is 0 Å². The monoisotopic (exact) mass is 361 g/mol.